The standard InChI is InChI=1S/C24H27FN2O4/c1-14(2)12-19(28)21-22(18-11-6-15(25)13-20(18)31-5)27(24(30)23(21)29)17-9-7-16(8-10-17)26(3)4/h6-11,13-14,22,29H,12H2,1-5H3. The van der Waals surface area contributed by atoms with Crippen molar-refractivity contribution in [1.29, 1.82) is 0 Å². The number of aliphatic hydroxyl groups is 1. The summed E-state index contributed by atoms with van der Waals surface area (Å²) in [4.78, 5) is 29.5. The third kappa shape index (κ3) is 4.26. The van der Waals surface area contributed by atoms with Crippen molar-refractivity contribution in [3.8, 4) is 5.75 Å². The Hall–Kier alpha value is -3.35. The number of ketones is 1. The summed E-state index contributed by atoms with van der Waals surface area (Å²) in [7, 11) is 5.20. The first-order chi connectivity index (χ1) is 14.6. The van der Waals surface area contributed by atoms with E-state index < -0.39 is 23.5 Å². The van der Waals surface area contributed by atoms with Crippen LogP contribution in [0.2, 0.25) is 0 Å². The quantitative estimate of drug-likeness (QED) is 0.710. The van der Waals surface area contributed by atoms with Crippen LogP contribution in [0, 0.1) is 11.7 Å². The summed E-state index contributed by atoms with van der Waals surface area (Å²) in [5, 5.41) is 10.7. The van der Waals surface area contributed by atoms with Gasteiger partial charge >= 0.3 is 0 Å². The number of aliphatic hydroxyl groups excluding tert-OH is 1. The molecule has 0 saturated carbocycles. The average Bonchev–Trinajstić information content (AvgIpc) is 2.98. The number of nitrogens with zero attached hydrogens (tertiary/aromatic N) is 2. The highest BCUT2D eigenvalue weighted by Crippen LogP contribution is 2.44. The molecular formula is C24H27FN2O4. The molecule has 0 spiro atoms. The third-order valence-electron chi connectivity index (χ3n) is 5.24. The van der Waals surface area contributed by atoms with E-state index >= 15 is 0 Å². The Kier molecular flexibility index (Phi) is 6.34. The number of benzene rings is 2. The van der Waals surface area contributed by atoms with Gasteiger partial charge in [-0.15, -0.1) is 0 Å². The molecule has 1 atom stereocenters. The van der Waals surface area contributed by atoms with Gasteiger partial charge in [-0.25, -0.2) is 4.39 Å². The zero-order valence-electron chi connectivity index (χ0n) is 18.3. The third-order valence-corrected chi connectivity index (χ3v) is 5.24. The van der Waals surface area contributed by atoms with E-state index in [0.29, 0.717) is 11.3 Å². The molecule has 6 nitrogen and oxygen atoms in total. The minimum atomic E-state index is -0.931. The van der Waals surface area contributed by atoms with E-state index in [-0.39, 0.29) is 29.4 Å². The maximum Gasteiger partial charge on any atom is 0.294 e. The molecule has 2 aromatic carbocycles. The second-order valence-electron chi connectivity index (χ2n) is 8.16. The fourth-order valence-electron chi connectivity index (χ4n) is 3.75. The number of Topliss-reactive ketones (excluding diaryl/α,β-unsaturated/α-hetero) is 1. The zero-order valence-corrected chi connectivity index (χ0v) is 18.3. The van der Waals surface area contributed by atoms with Crippen LogP contribution in [-0.2, 0) is 9.59 Å². The first-order valence-electron chi connectivity index (χ1n) is 10.1. The second kappa shape index (κ2) is 8.79. The number of carbonyl (C=O) groups is 2. The van der Waals surface area contributed by atoms with Gasteiger partial charge in [-0.3, -0.25) is 14.5 Å². The molecular weight excluding hydrogens is 399 g/mol. The minimum absolute atomic E-state index is 0.000272. The Morgan fingerprint density at radius 3 is 2.39 bits per heavy atom. The summed E-state index contributed by atoms with van der Waals surface area (Å²) >= 11 is 0. The van der Waals surface area contributed by atoms with Crippen LogP contribution < -0.4 is 14.5 Å². The Balaban J connectivity index is 2.18. The first kappa shape index (κ1) is 22.3. The molecule has 0 fully saturated rings. The molecule has 0 radical (unpaired) electrons. The first-order valence-corrected chi connectivity index (χ1v) is 10.1. The number of halogens is 1. The van der Waals surface area contributed by atoms with E-state index in [4.69, 9.17) is 4.74 Å². The Morgan fingerprint density at radius 1 is 1.19 bits per heavy atom. The SMILES string of the molecule is COc1cc(F)ccc1C1C(C(=O)CC(C)C)=C(O)C(=O)N1c1ccc(N(C)C)cc1. The van der Waals surface area contributed by atoms with Gasteiger partial charge in [-0.2, -0.15) is 0 Å². The smallest absolute Gasteiger partial charge is 0.294 e. The normalized spacial score (nSPS) is 16.3. The predicted molar refractivity (Wildman–Crippen MR) is 118 cm³/mol. The molecule has 1 heterocycles. The maximum atomic E-state index is 13.8. The summed E-state index contributed by atoms with van der Waals surface area (Å²) in [5.74, 6) is -1.87. The molecule has 0 aliphatic carbocycles. The van der Waals surface area contributed by atoms with Crippen LogP contribution in [0.15, 0.2) is 53.8 Å². The number of ether oxygens (including phenoxy) is 1. The van der Waals surface area contributed by atoms with Crippen molar-refractivity contribution in [2.45, 2.75) is 26.3 Å². The van der Waals surface area contributed by atoms with Crippen molar-refractivity contribution in [2.75, 3.05) is 31.0 Å². The van der Waals surface area contributed by atoms with Crippen molar-refractivity contribution in [2.24, 2.45) is 5.92 Å². The van der Waals surface area contributed by atoms with Crippen LogP contribution in [0.25, 0.3) is 0 Å². The monoisotopic (exact) mass is 426 g/mol. The molecule has 0 saturated heterocycles. The summed E-state index contributed by atoms with van der Waals surface area (Å²) < 4.78 is 19.2. The molecule has 7 heteroatoms. The highest BCUT2D eigenvalue weighted by atomic mass is 19.1. The number of amides is 1. The van der Waals surface area contributed by atoms with Gasteiger partial charge in [-0.05, 0) is 42.3 Å². The fraction of sp³-hybridized carbons (Fsp3) is 0.333. The lowest BCUT2D eigenvalue weighted by Crippen LogP contribution is -2.31. The molecule has 3 rings (SSSR count). The van der Waals surface area contributed by atoms with Gasteiger partial charge in [0.15, 0.2) is 11.5 Å². The van der Waals surface area contributed by atoms with Crippen LogP contribution in [0.5, 0.6) is 5.75 Å². The number of hydrogen-bond acceptors (Lipinski definition) is 5. The lowest BCUT2D eigenvalue weighted by Gasteiger charge is -2.28. The summed E-state index contributed by atoms with van der Waals surface area (Å²) in [6, 6.07) is 10.2. The molecule has 1 amide bonds. The molecule has 1 aliphatic rings. The van der Waals surface area contributed by atoms with E-state index in [0.717, 1.165) is 5.69 Å². The van der Waals surface area contributed by atoms with Gasteiger partial charge in [0.1, 0.15) is 11.6 Å². The molecule has 1 unspecified atom stereocenters. The molecule has 164 valence electrons. The highest BCUT2D eigenvalue weighted by molar-refractivity contribution is 6.16. The van der Waals surface area contributed by atoms with Crippen molar-refractivity contribution >= 4 is 23.1 Å². The Bertz CT molecular complexity index is 1030. The van der Waals surface area contributed by atoms with Gasteiger partial charge in [0.2, 0.25) is 0 Å². The van der Waals surface area contributed by atoms with Crippen LogP contribution in [-0.4, -0.2) is 38.0 Å². The van der Waals surface area contributed by atoms with Crippen molar-refractivity contribution in [3.63, 3.8) is 0 Å². The van der Waals surface area contributed by atoms with Crippen molar-refractivity contribution < 1.29 is 23.8 Å². The minimum Gasteiger partial charge on any atom is -0.503 e. The fourth-order valence-corrected chi connectivity index (χ4v) is 3.75. The number of methoxy groups -OCH3 is 1. The highest BCUT2D eigenvalue weighted by Gasteiger charge is 2.45. The topological polar surface area (TPSA) is 70.1 Å². The van der Waals surface area contributed by atoms with Crippen LogP contribution in [0.4, 0.5) is 15.8 Å². The lowest BCUT2D eigenvalue weighted by molar-refractivity contribution is -0.118. The van der Waals surface area contributed by atoms with Crippen LogP contribution >= 0.6 is 0 Å². The molecule has 31 heavy (non-hydrogen) atoms. The van der Waals surface area contributed by atoms with E-state index in [1.54, 1.807) is 12.1 Å². The maximum absolute atomic E-state index is 13.8. The molecule has 1 aliphatic heterocycles. The molecule has 1 N–H and O–H groups in total. The van der Waals surface area contributed by atoms with Gasteiger partial charge < -0.3 is 14.7 Å². The molecule has 0 bridgehead atoms. The largest absolute Gasteiger partial charge is 0.503 e. The summed E-state index contributed by atoms with van der Waals surface area (Å²) in [5.41, 5.74) is 1.86. The average molecular weight is 426 g/mol. The molecule has 0 aromatic heterocycles. The van der Waals surface area contributed by atoms with E-state index in [1.165, 1.54) is 30.2 Å². The van der Waals surface area contributed by atoms with E-state index in [9.17, 15) is 19.1 Å². The number of anilines is 2. The van der Waals surface area contributed by atoms with E-state index in [1.807, 2.05) is 45.0 Å². The Labute approximate surface area is 181 Å². The van der Waals surface area contributed by atoms with Gasteiger partial charge in [0, 0.05) is 43.5 Å². The van der Waals surface area contributed by atoms with Crippen LogP contribution in [0.3, 0.4) is 0 Å². The van der Waals surface area contributed by atoms with Gasteiger partial charge in [0.05, 0.1) is 18.7 Å². The molecule has 2 aromatic rings. The summed E-state index contributed by atoms with van der Waals surface area (Å²) in [6.45, 7) is 3.77. The van der Waals surface area contributed by atoms with Gasteiger partial charge in [0.25, 0.3) is 5.91 Å². The second-order valence-corrected chi connectivity index (χ2v) is 8.16. The number of rotatable bonds is 7. The lowest BCUT2D eigenvalue weighted by atomic mass is 9.91. The number of hydrogen-bond donors (Lipinski definition) is 1. The number of carbonyl (C=O) groups excluding carboxylic acids is 2. The van der Waals surface area contributed by atoms with Crippen LogP contribution in [0.1, 0.15) is 31.9 Å². The van der Waals surface area contributed by atoms with Crippen molar-refractivity contribution in [3.05, 3.63) is 65.2 Å². The predicted octanol–water partition coefficient (Wildman–Crippen LogP) is 4.42. The Morgan fingerprint density at radius 2 is 1.84 bits per heavy atom. The summed E-state index contributed by atoms with van der Waals surface area (Å²) in [6.07, 6.45) is 0.167. The zero-order chi connectivity index (χ0) is 22.9. The van der Waals surface area contributed by atoms with E-state index in [2.05, 4.69) is 0 Å². The van der Waals surface area contributed by atoms with Crippen molar-refractivity contribution in [1.82, 2.24) is 0 Å². The van der Waals surface area contributed by atoms with Gasteiger partial charge in [-0.1, -0.05) is 13.8 Å².